The number of hydrogen-bond acceptors (Lipinski definition) is 20. The summed E-state index contributed by atoms with van der Waals surface area (Å²) in [5, 5.41) is 0. The predicted molar refractivity (Wildman–Crippen MR) is 471 cm³/mol. The molecule has 4 aliphatic heterocycles. The summed E-state index contributed by atoms with van der Waals surface area (Å²) in [6, 6.07) is 26.0. The molecule has 0 bridgehead atoms. The van der Waals surface area contributed by atoms with Gasteiger partial charge in [-0.25, -0.2) is 0 Å². The van der Waals surface area contributed by atoms with Crippen LogP contribution >= 0.6 is 0 Å². The van der Waals surface area contributed by atoms with Crippen molar-refractivity contribution in [2.75, 3.05) is 28.4 Å². The zero-order valence-electron chi connectivity index (χ0n) is 76.7. The minimum absolute atomic E-state index is 0.0927. The van der Waals surface area contributed by atoms with Gasteiger partial charge in [-0.1, -0.05) is 135 Å². The van der Waals surface area contributed by atoms with E-state index in [9.17, 15) is 38.4 Å². The van der Waals surface area contributed by atoms with E-state index in [2.05, 4.69) is 111 Å². The van der Waals surface area contributed by atoms with Crippen LogP contribution in [0, 0.1) is 43.3 Å². The number of carbonyl (C=O) groups excluding carboxylic acids is 8. The van der Waals surface area contributed by atoms with E-state index in [4.69, 9.17) is 56.8 Å². The first-order chi connectivity index (χ1) is 59.3. The van der Waals surface area contributed by atoms with E-state index in [1.807, 2.05) is 60.7 Å². The Morgan fingerprint density at radius 3 is 0.516 bits per heavy atom. The summed E-state index contributed by atoms with van der Waals surface area (Å²) in [6.07, 6.45) is 6.02. The lowest BCUT2D eigenvalue weighted by molar-refractivity contribution is -0.122. The second-order valence-electron chi connectivity index (χ2n) is 43.5. The Kier molecular flexibility index (Phi) is 21.8. The van der Waals surface area contributed by atoms with Gasteiger partial charge in [0.25, 0.3) is 0 Å². The Morgan fingerprint density at radius 2 is 0.373 bits per heavy atom. The lowest BCUT2D eigenvalue weighted by atomic mass is 9.65. The molecule has 126 heavy (non-hydrogen) atoms. The first kappa shape index (κ1) is 87.1. The van der Waals surface area contributed by atoms with Crippen LogP contribution in [0.1, 0.15) is 282 Å². The zero-order chi connectivity index (χ0) is 89.9. The number of ether oxygens (including phenoxy) is 12. The maximum absolute atomic E-state index is 14.8. The fourth-order valence-corrected chi connectivity index (χ4v) is 21.9. The Morgan fingerprint density at radius 1 is 0.222 bits per heavy atom. The highest BCUT2D eigenvalue weighted by Crippen LogP contribution is 2.61. The Hall–Kier alpha value is -11.0. The highest BCUT2D eigenvalue weighted by molar-refractivity contribution is 6.10. The summed E-state index contributed by atoms with van der Waals surface area (Å²) in [5.74, 6) is 3.40. The van der Waals surface area contributed by atoms with Crippen molar-refractivity contribution in [3.8, 4) is 46.0 Å². The van der Waals surface area contributed by atoms with Crippen LogP contribution in [0.5, 0.6) is 46.0 Å². The molecule has 0 N–H and O–H groups in total. The van der Waals surface area contributed by atoms with Crippen LogP contribution in [0.3, 0.4) is 0 Å². The summed E-state index contributed by atoms with van der Waals surface area (Å²) in [7, 11) is 6.20. The molecule has 0 atom stereocenters. The summed E-state index contributed by atoms with van der Waals surface area (Å²) in [5.41, 5.74) is 5.39. The molecule has 20 nitrogen and oxygen atoms in total. The summed E-state index contributed by atoms with van der Waals surface area (Å²) >= 11 is 0. The first-order valence-electron chi connectivity index (χ1n) is 44.5. The number of hydrogen-bond donors (Lipinski definition) is 0. The summed E-state index contributed by atoms with van der Waals surface area (Å²) in [4.78, 5) is 118. The fraction of sp³-hybridized carbons (Fsp3) is 0.491. The first-order valence-corrected chi connectivity index (χ1v) is 44.5. The van der Waals surface area contributed by atoms with Gasteiger partial charge in [0.1, 0.15) is 72.5 Å². The molecule has 0 amide bonds. The van der Waals surface area contributed by atoms with Gasteiger partial charge < -0.3 is 56.8 Å². The molecule has 12 aliphatic rings. The van der Waals surface area contributed by atoms with Crippen molar-refractivity contribution in [2.24, 2.45) is 43.3 Å². The number of ketones is 8. The molecular formula is C106H118O20. The van der Waals surface area contributed by atoms with Gasteiger partial charge in [0, 0.05) is 171 Å². The van der Waals surface area contributed by atoms with E-state index in [1.165, 1.54) is 0 Å². The van der Waals surface area contributed by atoms with E-state index in [-0.39, 0.29) is 124 Å². The maximum Gasteiger partial charge on any atom is 0.163 e. The van der Waals surface area contributed by atoms with Gasteiger partial charge in [0.2, 0.25) is 0 Å². The van der Waals surface area contributed by atoms with Crippen LogP contribution in [0.25, 0.3) is 0 Å². The molecule has 0 aromatic heterocycles. The number of benzene rings is 5. The average molecular weight is 1710 g/mol. The third kappa shape index (κ3) is 16.5. The minimum Gasteiger partial charge on any atom is -0.493 e. The monoisotopic (exact) mass is 1710 g/mol. The van der Waals surface area contributed by atoms with Gasteiger partial charge >= 0.3 is 0 Å². The molecule has 662 valence electrons. The van der Waals surface area contributed by atoms with Crippen LogP contribution in [0.2, 0.25) is 0 Å². The van der Waals surface area contributed by atoms with E-state index >= 15 is 0 Å². The van der Waals surface area contributed by atoms with E-state index in [1.54, 1.807) is 52.7 Å². The standard InChI is InChI=1S/C106H118O20/c1-99(2)35-63(107)91-79(43-99)123-80-44-100(3,4)36-64(108)92(80)87(91)55-21-25-71(115-17)75(31-55)119-51-59-29-61(53-121-77-33-57(23-27-73(77)117-19)89-95-67(111)39-103(9,10)47-83(95)125-84-48-104(11,12)40-68(112)96(84)89)62(54-122-78-34-58(24-28-74(78)118-20)90-97-69(113)41-105(13,14)49-85(97)126-86-50-106(15,16)42-70(114)98(86)90)30-60(59)52-120-76-32-56(22-26-72(76)116-18)88-93-65(109)37-101(5,6)45-81(93)124-82-46-102(7,8)38-66(110)94(82)88/h21-34,87-90H,35-54H2,1-20H3. The maximum atomic E-state index is 14.8. The van der Waals surface area contributed by atoms with Crippen molar-refractivity contribution in [1.29, 1.82) is 0 Å². The smallest absolute Gasteiger partial charge is 0.163 e. The van der Waals surface area contributed by atoms with Gasteiger partial charge in [-0.15, -0.1) is 0 Å². The molecule has 17 rings (SSSR count). The van der Waals surface area contributed by atoms with Crippen LogP contribution < -0.4 is 37.9 Å². The Labute approximate surface area is 738 Å². The van der Waals surface area contributed by atoms with E-state index in [0.717, 1.165) is 0 Å². The molecule has 8 aliphatic carbocycles. The number of rotatable bonds is 20. The van der Waals surface area contributed by atoms with Crippen molar-refractivity contribution in [3.05, 3.63) is 220 Å². The number of allylic oxidation sites excluding steroid dienone is 16. The Balaban J connectivity index is 0.820. The normalized spacial score (nSPS) is 22.9. The largest absolute Gasteiger partial charge is 0.493 e. The van der Waals surface area contributed by atoms with Gasteiger partial charge in [-0.05, 0) is 148 Å². The third-order valence-corrected chi connectivity index (χ3v) is 27.5. The third-order valence-electron chi connectivity index (χ3n) is 27.5. The van der Waals surface area contributed by atoms with Crippen molar-refractivity contribution in [1.82, 2.24) is 0 Å². The number of carbonyl (C=O) groups is 8. The minimum atomic E-state index is -0.769. The predicted octanol–water partition coefficient (Wildman–Crippen LogP) is 21.6. The number of Topliss-reactive ketones (excluding diaryl/α,β-unsaturated/α-hetero) is 8. The highest BCUT2D eigenvalue weighted by atomic mass is 16.5. The topological polar surface area (TPSA) is 247 Å². The molecule has 20 heteroatoms. The van der Waals surface area contributed by atoms with Crippen LogP contribution in [0.4, 0.5) is 0 Å². The molecule has 0 fully saturated rings. The van der Waals surface area contributed by atoms with Gasteiger partial charge in [-0.2, -0.15) is 0 Å². The van der Waals surface area contributed by atoms with Crippen molar-refractivity contribution in [2.45, 2.75) is 264 Å². The lowest BCUT2D eigenvalue weighted by Gasteiger charge is -2.42. The molecular weight excluding hydrogens is 1590 g/mol. The lowest BCUT2D eigenvalue weighted by Crippen LogP contribution is -2.37. The average Bonchev–Trinajstić information content (AvgIpc) is 0.741. The summed E-state index contributed by atoms with van der Waals surface area (Å²) < 4.78 is 80.5. The van der Waals surface area contributed by atoms with Crippen LogP contribution in [-0.4, -0.2) is 74.7 Å². The van der Waals surface area contributed by atoms with E-state index < -0.39 is 67.0 Å². The van der Waals surface area contributed by atoms with Gasteiger partial charge in [0.05, 0.1) is 28.4 Å². The van der Waals surface area contributed by atoms with Crippen LogP contribution in [0.15, 0.2) is 176 Å². The Bertz CT molecular complexity index is 4960. The second kappa shape index (κ2) is 31.5. The van der Waals surface area contributed by atoms with Gasteiger partial charge in [-0.3, -0.25) is 38.4 Å². The second-order valence-corrected chi connectivity index (χ2v) is 43.5. The summed E-state index contributed by atoms with van der Waals surface area (Å²) in [6.45, 7) is 32.2. The molecule has 0 spiro atoms. The zero-order valence-corrected chi connectivity index (χ0v) is 76.7. The highest BCUT2D eigenvalue weighted by Gasteiger charge is 2.54. The van der Waals surface area contributed by atoms with E-state index in [0.29, 0.717) is 233 Å². The molecule has 0 saturated heterocycles. The van der Waals surface area contributed by atoms with Gasteiger partial charge in [0.15, 0.2) is 92.3 Å². The van der Waals surface area contributed by atoms with Crippen molar-refractivity contribution in [3.63, 3.8) is 0 Å². The van der Waals surface area contributed by atoms with Crippen molar-refractivity contribution < 1.29 is 95.2 Å². The SMILES string of the molecule is COc1ccc(C2C3=C(CC(C)(C)CC3=O)OC3=C2C(=O)CC(C)(C)C3)cc1OCc1cc(COc2cc(C3C4=C(CC(C)(C)CC4=O)OC4=C3C(=O)CC(C)(C)C4)ccc2OC)c(COc2cc(C3C4=C(CC(C)(C)CC4=O)OC4=C3C(=O)CC(C)(C)C4)ccc2OC)cc1COc1cc(C2C3=C(CC(C)(C)CC3=O)OC3=C2C(=O)CC(C)(C)C3)ccc1OC. The molecule has 5 aromatic carbocycles. The number of methoxy groups -OCH3 is 4. The van der Waals surface area contributed by atoms with Crippen LogP contribution in [-0.2, 0) is 83.7 Å². The quantitative estimate of drug-likeness (QED) is 0.0702. The van der Waals surface area contributed by atoms with Crippen molar-refractivity contribution >= 4 is 46.3 Å². The molecule has 0 saturated carbocycles. The molecule has 0 unspecified atom stereocenters. The molecule has 5 aromatic rings. The fourth-order valence-electron chi connectivity index (χ4n) is 21.9. The molecule has 0 radical (unpaired) electrons. The molecule has 4 heterocycles.